The van der Waals surface area contributed by atoms with Crippen molar-refractivity contribution < 1.29 is 13.9 Å². The van der Waals surface area contributed by atoms with E-state index in [0.29, 0.717) is 29.0 Å². The van der Waals surface area contributed by atoms with Crippen LogP contribution in [0.3, 0.4) is 0 Å². The molecule has 0 saturated heterocycles. The summed E-state index contributed by atoms with van der Waals surface area (Å²) in [6.07, 6.45) is 1.56. The lowest BCUT2D eigenvalue weighted by molar-refractivity contribution is 0.402. The van der Waals surface area contributed by atoms with E-state index in [1.807, 2.05) is 6.92 Å². The van der Waals surface area contributed by atoms with E-state index in [0.717, 1.165) is 11.1 Å². The van der Waals surface area contributed by atoms with E-state index in [-0.39, 0.29) is 11.6 Å². The highest BCUT2D eigenvalue weighted by Crippen LogP contribution is 2.32. The van der Waals surface area contributed by atoms with Crippen molar-refractivity contribution in [3.8, 4) is 11.5 Å². The zero-order valence-corrected chi connectivity index (χ0v) is 16.4. The van der Waals surface area contributed by atoms with Crippen molar-refractivity contribution >= 4 is 23.2 Å². The van der Waals surface area contributed by atoms with Crippen LogP contribution < -0.4 is 20.3 Å². The van der Waals surface area contributed by atoms with Crippen molar-refractivity contribution in [1.29, 1.82) is 0 Å². The largest absolute Gasteiger partial charge is 0.495 e. The zero-order chi connectivity index (χ0) is 20.3. The molecule has 0 bridgehead atoms. The molecule has 8 heteroatoms. The van der Waals surface area contributed by atoms with Crippen molar-refractivity contribution in [1.82, 2.24) is 9.55 Å². The van der Waals surface area contributed by atoms with Crippen LogP contribution in [0.25, 0.3) is 0 Å². The van der Waals surface area contributed by atoms with Gasteiger partial charge in [0.15, 0.2) is 0 Å². The lowest BCUT2D eigenvalue weighted by atomic mass is 10.2. The zero-order valence-electron chi connectivity index (χ0n) is 15.6. The number of nitrogens with one attached hydrogen (secondary N) is 1. The van der Waals surface area contributed by atoms with E-state index in [2.05, 4.69) is 10.3 Å². The highest BCUT2D eigenvalue weighted by Gasteiger charge is 2.13. The molecule has 0 atom stereocenters. The molecule has 146 valence electrons. The lowest BCUT2D eigenvalue weighted by Gasteiger charge is -2.17. The first-order chi connectivity index (χ1) is 13.4. The van der Waals surface area contributed by atoms with Crippen LogP contribution in [0.4, 0.5) is 16.0 Å². The van der Waals surface area contributed by atoms with Gasteiger partial charge in [0.05, 0.1) is 32.0 Å². The fourth-order valence-electron chi connectivity index (χ4n) is 2.68. The van der Waals surface area contributed by atoms with Crippen molar-refractivity contribution in [3.63, 3.8) is 0 Å². The second-order valence-corrected chi connectivity index (χ2v) is 6.53. The van der Waals surface area contributed by atoms with Gasteiger partial charge in [0, 0.05) is 11.8 Å². The van der Waals surface area contributed by atoms with Crippen LogP contribution >= 0.6 is 11.6 Å². The Morgan fingerprint density at radius 1 is 1.14 bits per heavy atom. The maximum Gasteiger partial charge on any atom is 0.316 e. The molecule has 0 saturated carbocycles. The number of nitrogens with zero attached hydrogens (tertiary/aromatic N) is 2. The fraction of sp³-hybridized carbons (Fsp3) is 0.200. The average molecular weight is 404 g/mol. The summed E-state index contributed by atoms with van der Waals surface area (Å²) < 4.78 is 25.3. The molecule has 0 aliphatic carbocycles. The van der Waals surface area contributed by atoms with Crippen molar-refractivity contribution in [3.05, 3.63) is 74.9 Å². The van der Waals surface area contributed by atoms with Crippen LogP contribution in [-0.2, 0) is 6.54 Å². The molecule has 3 rings (SSSR count). The Bertz CT molecular complexity index is 1050. The topological polar surface area (TPSA) is 65.4 Å². The molecule has 6 nitrogen and oxygen atoms in total. The Morgan fingerprint density at radius 2 is 1.82 bits per heavy atom. The molecule has 0 amide bonds. The Kier molecular flexibility index (Phi) is 5.84. The minimum atomic E-state index is -0.501. The number of benzene rings is 2. The summed E-state index contributed by atoms with van der Waals surface area (Å²) in [5.74, 6) is 0.595. The van der Waals surface area contributed by atoms with Crippen LogP contribution in [0, 0.1) is 12.7 Å². The molecule has 0 radical (unpaired) electrons. The smallest absolute Gasteiger partial charge is 0.316 e. The summed E-state index contributed by atoms with van der Waals surface area (Å²) in [5, 5.41) is 3.63. The summed E-state index contributed by atoms with van der Waals surface area (Å²) in [5.41, 5.74) is 1.87. The molecule has 0 fully saturated rings. The van der Waals surface area contributed by atoms with Gasteiger partial charge in [-0.1, -0.05) is 23.7 Å². The minimum Gasteiger partial charge on any atom is -0.495 e. The molecule has 1 aromatic heterocycles. The third-order valence-electron chi connectivity index (χ3n) is 4.19. The molecule has 28 heavy (non-hydrogen) atoms. The number of hydrogen-bond donors (Lipinski definition) is 1. The van der Waals surface area contributed by atoms with E-state index in [1.54, 1.807) is 35.0 Å². The molecule has 0 aliphatic heterocycles. The summed E-state index contributed by atoms with van der Waals surface area (Å²) >= 11 is 6.15. The standard InChI is InChI=1S/C20H19ClFN3O3/c1-12-8-15(21)17(27-2)9-16(12)23-20-24-19(26)18(28-3)11-25(20)10-13-4-6-14(22)7-5-13/h4-9,11H,10H2,1-3H3,(H,23,24,26). The quantitative estimate of drug-likeness (QED) is 0.669. The molecule has 1 heterocycles. The van der Waals surface area contributed by atoms with E-state index < -0.39 is 5.56 Å². The van der Waals surface area contributed by atoms with Crippen LogP contribution in [0.15, 0.2) is 47.4 Å². The first-order valence-electron chi connectivity index (χ1n) is 8.42. The molecular weight excluding hydrogens is 385 g/mol. The Balaban J connectivity index is 2.03. The molecular formula is C20H19ClFN3O3. The van der Waals surface area contributed by atoms with E-state index >= 15 is 0 Å². The van der Waals surface area contributed by atoms with E-state index in [9.17, 15) is 9.18 Å². The maximum absolute atomic E-state index is 13.2. The summed E-state index contributed by atoms with van der Waals surface area (Å²) in [7, 11) is 2.93. The lowest BCUT2D eigenvalue weighted by Crippen LogP contribution is -2.19. The van der Waals surface area contributed by atoms with Gasteiger partial charge in [-0.15, -0.1) is 0 Å². The first kappa shape index (κ1) is 19.7. The summed E-state index contributed by atoms with van der Waals surface area (Å²) in [6.45, 7) is 2.23. The van der Waals surface area contributed by atoms with Gasteiger partial charge in [-0.25, -0.2) is 4.39 Å². The van der Waals surface area contributed by atoms with E-state index in [1.165, 1.54) is 26.4 Å². The number of halogens is 2. The highest BCUT2D eigenvalue weighted by molar-refractivity contribution is 6.32. The first-order valence-corrected chi connectivity index (χ1v) is 8.80. The van der Waals surface area contributed by atoms with Crippen LogP contribution in [-0.4, -0.2) is 23.8 Å². The predicted octanol–water partition coefficient (Wildman–Crippen LogP) is 4.15. The highest BCUT2D eigenvalue weighted by atomic mass is 35.5. The normalized spacial score (nSPS) is 10.6. The van der Waals surface area contributed by atoms with E-state index in [4.69, 9.17) is 21.1 Å². The molecule has 1 N–H and O–H groups in total. The Labute approximate surface area is 166 Å². The predicted molar refractivity (Wildman–Crippen MR) is 107 cm³/mol. The van der Waals surface area contributed by atoms with Gasteiger partial charge in [0.25, 0.3) is 0 Å². The van der Waals surface area contributed by atoms with Gasteiger partial charge < -0.3 is 19.4 Å². The van der Waals surface area contributed by atoms with Gasteiger partial charge in [0.1, 0.15) is 11.6 Å². The van der Waals surface area contributed by atoms with Crippen molar-refractivity contribution in [2.24, 2.45) is 0 Å². The van der Waals surface area contributed by atoms with Crippen molar-refractivity contribution in [2.45, 2.75) is 13.5 Å². The van der Waals surface area contributed by atoms with Crippen molar-refractivity contribution in [2.75, 3.05) is 19.5 Å². The number of hydrogen-bond acceptors (Lipinski definition) is 5. The third-order valence-corrected chi connectivity index (χ3v) is 4.49. The second-order valence-electron chi connectivity index (χ2n) is 6.12. The molecule has 2 aromatic carbocycles. The number of aromatic nitrogens is 2. The molecule has 0 unspecified atom stereocenters. The van der Waals surface area contributed by atoms with Crippen LogP contribution in [0.5, 0.6) is 11.5 Å². The van der Waals surface area contributed by atoms with Crippen LogP contribution in [0.2, 0.25) is 5.02 Å². The van der Waals surface area contributed by atoms with Crippen LogP contribution in [0.1, 0.15) is 11.1 Å². The molecule has 0 spiro atoms. The van der Waals surface area contributed by atoms with Gasteiger partial charge in [-0.2, -0.15) is 4.98 Å². The number of rotatable bonds is 6. The van der Waals surface area contributed by atoms with Gasteiger partial charge in [0.2, 0.25) is 11.7 Å². The van der Waals surface area contributed by atoms with Gasteiger partial charge >= 0.3 is 5.56 Å². The second kappa shape index (κ2) is 8.31. The third kappa shape index (κ3) is 4.26. The Hall–Kier alpha value is -3.06. The number of methoxy groups -OCH3 is 2. The van der Waals surface area contributed by atoms with Gasteiger partial charge in [-0.3, -0.25) is 4.79 Å². The fourth-order valence-corrected chi connectivity index (χ4v) is 2.98. The minimum absolute atomic E-state index is 0.109. The molecule has 3 aromatic rings. The van der Waals surface area contributed by atoms with Gasteiger partial charge in [-0.05, 0) is 36.2 Å². The maximum atomic E-state index is 13.2. The monoisotopic (exact) mass is 403 g/mol. The summed E-state index contributed by atoms with van der Waals surface area (Å²) in [4.78, 5) is 16.3. The number of anilines is 2. The SMILES string of the molecule is COc1cc(Nc2nc(=O)c(OC)cn2Cc2ccc(F)cc2)c(C)cc1Cl. The molecule has 0 aliphatic rings. The summed E-state index contributed by atoms with van der Waals surface area (Å²) in [6, 6.07) is 9.58. The number of aryl methyl sites for hydroxylation is 1. The number of ether oxygens (including phenoxy) is 2. The average Bonchev–Trinajstić information content (AvgIpc) is 2.67. The Morgan fingerprint density at radius 3 is 2.46 bits per heavy atom.